The zero-order chi connectivity index (χ0) is 25.1. The summed E-state index contributed by atoms with van der Waals surface area (Å²) in [4.78, 5) is 35.6. The van der Waals surface area contributed by atoms with Crippen LogP contribution in [0.5, 0.6) is 0 Å². The first-order valence-corrected chi connectivity index (χ1v) is 12.3. The molecule has 0 saturated carbocycles. The van der Waals surface area contributed by atoms with Crippen molar-refractivity contribution in [3.8, 4) is 11.3 Å². The van der Waals surface area contributed by atoms with Crippen molar-refractivity contribution in [3.63, 3.8) is 0 Å². The number of rotatable bonds is 14. The maximum atomic E-state index is 12.4. The average molecular weight is 495 g/mol. The van der Waals surface area contributed by atoms with Crippen LogP contribution in [0.3, 0.4) is 0 Å². The molecule has 4 N–H and O–H groups in total. The van der Waals surface area contributed by atoms with Crippen molar-refractivity contribution in [1.82, 2.24) is 20.4 Å². The number of carbonyl (C=O) groups excluding carboxylic acids is 3. The highest BCUT2D eigenvalue weighted by Crippen LogP contribution is 2.24. The molecule has 1 atom stereocenters. The Morgan fingerprint density at radius 3 is 2.62 bits per heavy atom. The second-order valence-corrected chi connectivity index (χ2v) is 9.43. The zero-order valence-corrected chi connectivity index (χ0v) is 19.9. The van der Waals surface area contributed by atoms with Gasteiger partial charge >= 0.3 is 0 Å². The fourth-order valence-electron chi connectivity index (χ4n) is 3.21. The molecular weight excluding hydrogens is 464 g/mol. The highest BCUT2D eigenvalue weighted by molar-refractivity contribution is 7.89. The number of unbranched alkanes of at least 4 members (excludes halogenated alkanes) is 2. The van der Waals surface area contributed by atoms with Gasteiger partial charge in [0.1, 0.15) is 5.76 Å². The van der Waals surface area contributed by atoms with Crippen LogP contribution in [0.25, 0.3) is 11.3 Å². The molecule has 0 bridgehead atoms. The summed E-state index contributed by atoms with van der Waals surface area (Å²) in [6, 6.07) is 9.05. The topological polar surface area (TPSA) is 158 Å². The Balaban J connectivity index is 1.96. The molecule has 0 unspecified atom stereocenters. The molecule has 34 heavy (non-hydrogen) atoms. The van der Waals surface area contributed by atoms with E-state index in [2.05, 4.69) is 15.4 Å². The van der Waals surface area contributed by atoms with Crippen LogP contribution in [-0.4, -0.2) is 57.2 Å². The summed E-state index contributed by atoms with van der Waals surface area (Å²) < 4.78 is 31.8. The Labute approximate surface area is 198 Å². The van der Waals surface area contributed by atoms with Crippen LogP contribution >= 0.6 is 0 Å². The second-order valence-electron chi connectivity index (χ2n) is 7.54. The van der Waals surface area contributed by atoms with E-state index in [-0.39, 0.29) is 30.3 Å². The highest BCUT2D eigenvalue weighted by Gasteiger charge is 2.21. The molecule has 0 aliphatic rings. The zero-order valence-electron chi connectivity index (χ0n) is 19.1. The van der Waals surface area contributed by atoms with Gasteiger partial charge in [-0.2, -0.15) is 0 Å². The first-order chi connectivity index (χ1) is 16.2. The summed E-state index contributed by atoms with van der Waals surface area (Å²) in [5.41, 5.74) is 0.474. The lowest BCUT2D eigenvalue weighted by atomic mass is 10.0. The number of carbonyl (C=O) groups is 3. The third kappa shape index (κ3) is 7.68. The van der Waals surface area contributed by atoms with Crippen LogP contribution in [-0.2, 0) is 19.6 Å². The molecule has 0 saturated heterocycles. The predicted octanol–water partition coefficient (Wildman–Crippen LogP) is 1.70. The molecule has 1 aromatic carbocycles. The van der Waals surface area contributed by atoms with Crippen LogP contribution in [0, 0.1) is 5.92 Å². The van der Waals surface area contributed by atoms with Crippen LogP contribution < -0.4 is 15.4 Å². The van der Waals surface area contributed by atoms with Crippen molar-refractivity contribution in [3.05, 3.63) is 42.2 Å². The minimum atomic E-state index is -3.63. The second kappa shape index (κ2) is 12.9. The molecule has 0 radical (unpaired) electrons. The fraction of sp³-hybridized carbons (Fsp3) is 0.409. The molecular formula is C22H30N4O7S. The Morgan fingerprint density at radius 1 is 1.18 bits per heavy atom. The maximum Gasteiger partial charge on any atom is 0.288 e. The predicted molar refractivity (Wildman–Crippen MR) is 123 cm³/mol. The van der Waals surface area contributed by atoms with Crippen molar-refractivity contribution in [2.24, 2.45) is 5.92 Å². The van der Waals surface area contributed by atoms with Crippen LogP contribution in [0.1, 0.15) is 43.2 Å². The average Bonchev–Trinajstić information content (AvgIpc) is 3.34. The minimum Gasteiger partial charge on any atom is -0.451 e. The lowest BCUT2D eigenvalue weighted by molar-refractivity contribution is -0.154. The number of nitrogens with zero attached hydrogens (tertiary/aromatic N) is 1. The SMILES string of the molecule is CCCCC[C@H](CN(O)C=O)C(=O)NCNC(=O)c1ccc(-c2cccc(S(=O)(=O)NC)c2)o1. The number of hydroxylamine groups is 2. The Morgan fingerprint density at radius 2 is 1.94 bits per heavy atom. The lowest BCUT2D eigenvalue weighted by Gasteiger charge is -2.19. The molecule has 0 fully saturated rings. The van der Waals surface area contributed by atoms with Gasteiger partial charge in [0, 0.05) is 5.56 Å². The van der Waals surface area contributed by atoms with Crippen molar-refractivity contribution in [1.29, 1.82) is 0 Å². The van der Waals surface area contributed by atoms with E-state index in [4.69, 9.17) is 4.42 Å². The number of sulfonamides is 1. The molecule has 2 rings (SSSR count). The lowest BCUT2D eigenvalue weighted by Crippen LogP contribution is -2.42. The van der Waals surface area contributed by atoms with Gasteiger partial charge in [0.15, 0.2) is 5.76 Å². The van der Waals surface area contributed by atoms with Crippen LogP contribution in [0.4, 0.5) is 0 Å². The van der Waals surface area contributed by atoms with Crippen LogP contribution in [0.15, 0.2) is 45.7 Å². The summed E-state index contributed by atoms with van der Waals surface area (Å²) in [7, 11) is -2.32. The summed E-state index contributed by atoms with van der Waals surface area (Å²) in [6.07, 6.45) is 3.36. The number of nitrogens with one attached hydrogen (secondary N) is 3. The Hall–Kier alpha value is -3.22. The number of furan rings is 1. The van der Waals surface area contributed by atoms with E-state index < -0.39 is 27.8 Å². The fourth-order valence-corrected chi connectivity index (χ4v) is 3.98. The van der Waals surface area contributed by atoms with Crippen molar-refractivity contribution in [2.75, 3.05) is 20.3 Å². The largest absolute Gasteiger partial charge is 0.451 e. The van der Waals surface area contributed by atoms with Gasteiger partial charge in [-0.3, -0.25) is 19.6 Å². The van der Waals surface area contributed by atoms with E-state index in [1.807, 2.05) is 6.92 Å². The molecule has 186 valence electrons. The molecule has 11 nitrogen and oxygen atoms in total. The first kappa shape index (κ1) is 27.0. The normalized spacial score (nSPS) is 12.1. The molecule has 0 spiro atoms. The molecule has 3 amide bonds. The van der Waals surface area contributed by atoms with Crippen molar-refractivity contribution >= 4 is 28.2 Å². The van der Waals surface area contributed by atoms with Gasteiger partial charge in [-0.25, -0.2) is 18.2 Å². The molecule has 1 heterocycles. The first-order valence-electron chi connectivity index (χ1n) is 10.8. The quantitative estimate of drug-likeness (QED) is 0.102. The van der Waals surface area contributed by atoms with E-state index in [0.717, 1.165) is 19.3 Å². The number of hydrogen-bond acceptors (Lipinski definition) is 7. The van der Waals surface area contributed by atoms with E-state index >= 15 is 0 Å². The van der Waals surface area contributed by atoms with Crippen molar-refractivity contribution < 1.29 is 32.4 Å². The summed E-state index contributed by atoms with van der Waals surface area (Å²) >= 11 is 0. The van der Waals surface area contributed by atoms with Gasteiger partial charge in [-0.15, -0.1) is 0 Å². The number of benzene rings is 1. The van der Waals surface area contributed by atoms with E-state index in [1.165, 1.54) is 31.3 Å². The van der Waals surface area contributed by atoms with Gasteiger partial charge in [0.2, 0.25) is 22.3 Å². The van der Waals surface area contributed by atoms with Gasteiger partial charge in [0.25, 0.3) is 5.91 Å². The molecule has 12 heteroatoms. The summed E-state index contributed by atoms with van der Waals surface area (Å²) in [6.45, 7) is 1.70. The molecule has 1 aromatic heterocycles. The van der Waals surface area contributed by atoms with E-state index in [1.54, 1.807) is 12.1 Å². The summed E-state index contributed by atoms with van der Waals surface area (Å²) in [5, 5.41) is 14.9. The maximum absolute atomic E-state index is 12.4. The van der Waals surface area contributed by atoms with Crippen LogP contribution in [0.2, 0.25) is 0 Å². The molecule has 0 aliphatic carbocycles. The van der Waals surface area contributed by atoms with Gasteiger partial charge in [-0.05, 0) is 37.7 Å². The molecule has 0 aliphatic heterocycles. The Bertz CT molecular complexity index is 1080. The number of hydrogen-bond donors (Lipinski definition) is 4. The van der Waals surface area contributed by atoms with Gasteiger partial charge in [-0.1, -0.05) is 38.3 Å². The monoisotopic (exact) mass is 494 g/mol. The van der Waals surface area contributed by atoms with Gasteiger partial charge in [0.05, 0.1) is 24.0 Å². The minimum absolute atomic E-state index is 0.0203. The third-order valence-electron chi connectivity index (χ3n) is 5.09. The smallest absolute Gasteiger partial charge is 0.288 e. The number of amides is 3. The van der Waals surface area contributed by atoms with E-state index in [9.17, 15) is 28.0 Å². The van der Waals surface area contributed by atoms with Gasteiger partial charge < -0.3 is 15.1 Å². The Kier molecular flexibility index (Phi) is 10.2. The van der Waals surface area contributed by atoms with Crippen molar-refractivity contribution in [2.45, 2.75) is 37.5 Å². The van der Waals surface area contributed by atoms with E-state index in [0.29, 0.717) is 22.8 Å². The highest BCUT2D eigenvalue weighted by atomic mass is 32.2. The third-order valence-corrected chi connectivity index (χ3v) is 6.51. The molecule has 2 aromatic rings. The standard InChI is InChI=1S/C22H30N4O7S/c1-3-4-5-7-17(13-26(30)15-27)21(28)24-14-25-22(29)20-11-10-19(33-20)16-8-6-9-18(12-16)34(31,32)23-2/h6,8-12,15,17,23,30H,3-5,7,13-14H2,1-2H3,(H,24,28)(H,25,29)/t17-/m1/s1. The summed E-state index contributed by atoms with van der Waals surface area (Å²) in [5.74, 6) is -1.32.